The summed E-state index contributed by atoms with van der Waals surface area (Å²) in [5, 5.41) is 73.5. The number of aryl methyl sites for hydroxylation is 1. The topological polar surface area (TPSA) is 271 Å². The van der Waals surface area contributed by atoms with E-state index in [9.17, 15) is 49.8 Å². The summed E-state index contributed by atoms with van der Waals surface area (Å²) in [6.45, 7) is 10.4. The van der Waals surface area contributed by atoms with E-state index in [0.717, 1.165) is 117 Å². The van der Waals surface area contributed by atoms with Gasteiger partial charge in [0.2, 0.25) is 0 Å². The van der Waals surface area contributed by atoms with Crippen LogP contribution in [0.3, 0.4) is 0 Å². The minimum atomic E-state index is -1.20. The summed E-state index contributed by atoms with van der Waals surface area (Å²) in [4.78, 5) is 49.5. The number of quaternary nitrogens is 1. The summed E-state index contributed by atoms with van der Waals surface area (Å²) in [6, 6.07) is 46.4. The number of rotatable bonds is 25. The predicted molar refractivity (Wildman–Crippen MR) is 393 cm³/mol. The van der Waals surface area contributed by atoms with Gasteiger partial charge in [-0.05, 0) is 148 Å². The molecule has 8 N–H and O–H groups in total. The van der Waals surface area contributed by atoms with E-state index in [4.69, 9.17) is 28.8 Å². The molecule has 19 heteroatoms. The van der Waals surface area contributed by atoms with Gasteiger partial charge in [0.1, 0.15) is 59.5 Å². The first kappa shape index (κ1) is 79.6. The number of carboxylic acid groups (broad SMARTS) is 1. The molecule has 7 fully saturated rings. The molecule has 14 rings (SSSR count). The van der Waals surface area contributed by atoms with E-state index < -0.39 is 53.6 Å². The largest absolute Gasteiger partial charge is 1.00 e. The number of ketones is 2. The number of morpholine rings is 1. The van der Waals surface area contributed by atoms with Gasteiger partial charge in [0, 0.05) is 60.3 Å². The Labute approximate surface area is 622 Å². The van der Waals surface area contributed by atoms with Crippen LogP contribution in [0.15, 0.2) is 169 Å². The number of aromatic hydroxyl groups is 2. The highest BCUT2D eigenvalue weighted by Gasteiger charge is 2.76. The fourth-order valence-electron chi connectivity index (χ4n) is 18.5. The summed E-state index contributed by atoms with van der Waals surface area (Å²) in [6.07, 6.45) is 18.0. The van der Waals surface area contributed by atoms with Gasteiger partial charge in [-0.25, -0.2) is 4.79 Å². The summed E-state index contributed by atoms with van der Waals surface area (Å²) in [5.74, 6) is -1.36. The predicted octanol–water partition coefficient (Wildman–Crippen LogP) is 9.36. The number of unbranched alkanes of at least 4 members (excludes halogenated alkanes) is 4. The van der Waals surface area contributed by atoms with E-state index in [-0.39, 0.29) is 87.5 Å². The van der Waals surface area contributed by atoms with Crippen molar-refractivity contribution in [3.05, 3.63) is 203 Å². The number of carbonyl (C=O) groups excluding carboxylic acids is 3. The Balaban J connectivity index is 0.000000153. The van der Waals surface area contributed by atoms with Crippen LogP contribution in [0, 0.1) is 28.6 Å². The Kier molecular flexibility index (Phi) is 26.6. The molecule has 4 aliphatic heterocycles. The van der Waals surface area contributed by atoms with Gasteiger partial charge in [-0.2, -0.15) is 0 Å². The van der Waals surface area contributed by atoms with Crippen molar-refractivity contribution >= 4 is 34.3 Å². The number of ether oxygens (including phenoxy) is 5. The van der Waals surface area contributed by atoms with Crippen LogP contribution in [-0.4, -0.2) is 165 Å². The zero-order chi connectivity index (χ0) is 73.3. The van der Waals surface area contributed by atoms with Gasteiger partial charge >= 0.3 is 11.9 Å². The first-order chi connectivity index (χ1) is 49.5. The zero-order valence-electron chi connectivity index (χ0n) is 61.0. The van der Waals surface area contributed by atoms with E-state index in [1.165, 1.54) is 24.1 Å². The van der Waals surface area contributed by atoms with Crippen molar-refractivity contribution < 1.29 is 100 Å². The van der Waals surface area contributed by atoms with Gasteiger partial charge < -0.3 is 86.2 Å². The molecule has 0 spiro atoms. The molecule has 2 bridgehead atoms. The summed E-state index contributed by atoms with van der Waals surface area (Å²) >= 11 is 0. The van der Waals surface area contributed by atoms with Gasteiger partial charge in [0.25, 0.3) is 0 Å². The molecule has 104 heavy (non-hydrogen) atoms. The minimum Gasteiger partial charge on any atom is -1.00 e. The number of hydrogen-bond donors (Lipinski definition) is 8. The van der Waals surface area contributed by atoms with Crippen molar-refractivity contribution in [2.45, 2.75) is 197 Å². The van der Waals surface area contributed by atoms with Crippen molar-refractivity contribution in [2.75, 3.05) is 47.0 Å². The van der Waals surface area contributed by atoms with Gasteiger partial charge in [0.05, 0.1) is 39.0 Å². The second-order valence-electron chi connectivity index (χ2n) is 30.6. The molecule has 6 aromatic rings. The lowest BCUT2D eigenvalue weighted by Crippen LogP contribution is -3.00. The Morgan fingerprint density at radius 2 is 1.41 bits per heavy atom. The summed E-state index contributed by atoms with van der Waals surface area (Å²) in [5.41, 5.74) is 2.53. The van der Waals surface area contributed by atoms with Crippen LogP contribution in [0.5, 0.6) is 11.5 Å². The third-order valence-corrected chi connectivity index (χ3v) is 24.2. The Morgan fingerprint density at radius 3 is 2.06 bits per heavy atom. The maximum Gasteiger partial charge on any atom is 0.339 e. The number of hydrogen-bond acceptors (Lipinski definition) is 16. The number of likely N-dealkylation sites (N-methyl/N-ethyl adjacent to an activating group) is 1. The third kappa shape index (κ3) is 16.6. The molecule has 0 amide bonds. The average molecular weight is 1490 g/mol. The number of aliphatic hydroxyl groups excluding tert-OH is 4. The van der Waals surface area contributed by atoms with Crippen molar-refractivity contribution in [3.63, 3.8) is 0 Å². The summed E-state index contributed by atoms with van der Waals surface area (Å²) < 4.78 is 31.4. The van der Waals surface area contributed by atoms with Gasteiger partial charge in [0.15, 0.2) is 23.5 Å². The van der Waals surface area contributed by atoms with Crippen molar-refractivity contribution in [1.82, 2.24) is 5.32 Å². The van der Waals surface area contributed by atoms with Gasteiger partial charge in [-0.3, -0.25) is 14.4 Å². The number of nitrogens with zero attached hydrogens (tertiary/aromatic N) is 1. The average Bonchev–Trinajstić information content (AvgIpc) is 1.49. The first-order valence-corrected chi connectivity index (χ1v) is 37.3. The molecular weight excluding hydrogens is 1380 g/mol. The number of piperidine rings is 1. The number of carbonyl (C=O) groups is 4. The number of aliphatic hydroxyl groups is 4. The van der Waals surface area contributed by atoms with Gasteiger partial charge in [-0.1, -0.05) is 179 Å². The molecule has 0 aromatic heterocycles. The maximum absolute atomic E-state index is 13.6. The number of carboxylic acids is 1. The SMILES string of the molecule is CC(C(=O)OC1CC2[C@H]3O[C@H]3C(C1)[N+]2(C)C)(c1ccccc1)c1ccccc1.CCCC1O[C@@H]2C[C@H]3[C@@H]4CCC5=CC(=O)C=C[C@]5(C)[C@H]4[C@@H](O)C[C@]3(C)[C@]2(C(=O)CO)O1.O=C(O)c1ccc2ccccc2c1O.OCc1cc(C(O)CNCCCCCCOCCCCc2ccccc2)ccc1O.[Br-]. The molecule has 8 aliphatic rings. The van der Waals surface area contributed by atoms with E-state index in [1.807, 2.05) is 85.8 Å². The second-order valence-corrected chi connectivity index (χ2v) is 30.6. The van der Waals surface area contributed by atoms with Crippen LogP contribution in [0.25, 0.3) is 10.8 Å². The van der Waals surface area contributed by atoms with Crippen LogP contribution >= 0.6 is 0 Å². The molecule has 560 valence electrons. The smallest absolute Gasteiger partial charge is 0.339 e. The normalized spacial score (nSPS) is 28.7. The van der Waals surface area contributed by atoms with Crippen LogP contribution in [0.2, 0.25) is 0 Å². The number of phenols is 2. The fourth-order valence-corrected chi connectivity index (χ4v) is 18.5. The number of esters is 1. The second kappa shape index (κ2) is 34.7. The lowest BCUT2D eigenvalue weighted by molar-refractivity contribution is -0.938. The molecule has 6 aromatic carbocycles. The Morgan fingerprint density at radius 1 is 0.779 bits per heavy atom. The minimum absolute atomic E-state index is 0. The number of Topliss-reactive ketones (excluding diaryl/α,β-unsaturated/α-hetero) is 1. The molecule has 4 aliphatic carbocycles. The number of halogens is 1. The highest BCUT2D eigenvalue weighted by Crippen LogP contribution is 2.70. The number of benzene rings is 6. The highest BCUT2D eigenvalue weighted by atomic mass is 79.9. The molecule has 4 saturated heterocycles. The van der Waals surface area contributed by atoms with Crippen molar-refractivity contribution in [3.8, 4) is 11.5 Å². The van der Waals surface area contributed by atoms with E-state index in [2.05, 4.69) is 70.5 Å². The van der Waals surface area contributed by atoms with E-state index >= 15 is 0 Å². The quantitative estimate of drug-likeness (QED) is 0.0115. The van der Waals surface area contributed by atoms with Gasteiger partial charge in [-0.15, -0.1) is 0 Å². The van der Waals surface area contributed by atoms with Crippen LogP contribution in [-0.2, 0) is 56.5 Å². The molecule has 15 atom stereocenters. The van der Waals surface area contributed by atoms with Crippen LogP contribution in [0.4, 0.5) is 0 Å². The standard InChI is InChI=1S/C25H37NO4.C25H34O6.C24H28NO3.C11H8O3.BrH/c27-20-23-18-22(13-14-24(23)28)25(29)19-26-15-7-1-2-8-16-30-17-9-6-12-21-10-4-3-5-11-21;1-4-5-21-30-20-11-17-16-7-6-14-10-15(27)8-9-23(14,2)22(16)18(28)12-24(17,3)25(20,31-21)19(29)13-26;1-24(16-10-6-4-7-11-16,17-12-8-5-9-13-17)23(26)27-18-14-19-21-22(28-21)20(15-18)25(19,2)3;12-10-8-4-2-1-3-7(8)5-6-9(10)11(13)14;/h3-5,10-11,13-14,18,25-29H,1-2,6-9,12,15-17,19-20H2;8-10,16-18,20-22,26,28H,4-7,11-13H2,1-3H3;4-13,18-22H,14-15H2,1-3H3;1-6,12H,(H,13,14);1H/q;;+1;;/p-1/t;16-,17-,18-,20+,21?,22+,23-,24-,25+;18?,19?,20?,21-,22+;;/m.0.../s1. The van der Waals surface area contributed by atoms with Crippen molar-refractivity contribution in [2.24, 2.45) is 28.6 Å². The number of nitrogens with one attached hydrogen (secondary N) is 1. The van der Waals surface area contributed by atoms with E-state index in [1.54, 1.807) is 42.5 Å². The molecule has 0 radical (unpaired) electrons. The summed E-state index contributed by atoms with van der Waals surface area (Å²) in [7, 11) is 4.59. The lowest BCUT2D eigenvalue weighted by Gasteiger charge is -2.59. The van der Waals surface area contributed by atoms with Crippen molar-refractivity contribution in [1.29, 1.82) is 0 Å². The van der Waals surface area contributed by atoms with E-state index in [0.29, 0.717) is 66.6 Å². The maximum atomic E-state index is 13.6. The third-order valence-electron chi connectivity index (χ3n) is 24.2. The molecule has 5 unspecified atom stereocenters. The number of aromatic carboxylic acids is 1. The highest BCUT2D eigenvalue weighted by molar-refractivity contribution is 6.01. The number of allylic oxidation sites excluding steroid dienone is 4. The molecule has 4 heterocycles. The van der Waals surface area contributed by atoms with Crippen LogP contribution < -0.4 is 22.3 Å². The van der Waals surface area contributed by atoms with Crippen LogP contribution in [0.1, 0.15) is 162 Å². The monoisotopic (exact) mass is 1490 g/mol. The lowest BCUT2D eigenvalue weighted by atomic mass is 9.46. The Bertz CT molecular complexity index is 3890. The number of epoxide rings is 1. The first-order valence-electron chi connectivity index (χ1n) is 37.3. The number of fused-ring (bicyclic) bond motifs is 13. The molecular formula is C85H107BrN2O16. The molecule has 18 nitrogen and oxygen atoms in total. The Hall–Kier alpha value is -6.98. The fraction of sp³-hybridized carbons (Fsp3) is 0.506. The zero-order valence-corrected chi connectivity index (χ0v) is 62.6. The molecule has 3 saturated carbocycles.